The van der Waals surface area contributed by atoms with E-state index in [0.29, 0.717) is 12.3 Å². The van der Waals surface area contributed by atoms with E-state index in [-0.39, 0.29) is 5.56 Å². The minimum absolute atomic E-state index is 0.172. The number of carboxylic acid groups (broad SMARTS) is 1. The molecule has 0 saturated carbocycles. The third-order valence-corrected chi connectivity index (χ3v) is 2.39. The molecule has 2 aromatic rings. The van der Waals surface area contributed by atoms with Gasteiger partial charge in [0.2, 0.25) is 0 Å². The van der Waals surface area contributed by atoms with Crippen molar-refractivity contribution in [2.24, 2.45) is 0 Å². The molecule has 0 spiro atoms. The molecule has 1 heterocycles. The molecule has 0 aliphatic rings. The van der Waals surface area contributed by atoms with Crippen LogP contribution in [0.3, 0.4) is 0 Å². The largest absolute Gasteiger partial charge is 0.478 e. The highest BCUT2D eigenvalue weighted by molar-refractivity contribution is 5.87. The summed E-state index contributed by atoms with van der Waals surface area (Å²) in [6, 6.07) is 9.46. The summed E-state index contributed by atoms with van der Waals surface area (Å²) in [5.74, 6) is -0.375. The smallest absolute Gasteiger partial charge is 0.338 e. The Labute approximate surface area is 98.9 Å². The second-order valence-electron chi connectivity index (χ2n) is 3.83. The van der Waals surface area contributed by atoms with Crippen molar-refractivity contribution in [2.75, 3.05) is 5.32 Å². The van der Waals surface area contributed by atoms with E-state index in [4.69, 9.17) is 9.52 Å². The van der Waals surface area contributed by atoms with Crippen LogP contribution in [0.2, 0.25) is 0 Å². The molecule has 4 heteroatoms. The molecule has 0 unspecified atom stereocenters. The zero-order valence-electron chi connectivity index (χ0n) is 9.43. The number of furan rings is 1. The number of hydrogen-bond donors (Lipinski definition) is 2. The highest BCUT2D eigenvalue weighted by Gasteiger charge is 2.07. The number of nitrogens with one attached hydrogen (secondary N) is 1. The molecule has 88 valence electrons. The van der Waals surface area contributed by atoms with Crippen molar-refractivity contribution in [1.29, 1.82) is 0 Å². The normalized spacial score (nSPS) is 10.2. The molecule has 0 fully saturated rings. The third-order valence-electron chi connectivity index (χ3n) is 2.39. The molecule has 0 aliphatic heterocycles. The maximum atomic E-state index is 10.7. The van der Waals surface area contributed by atoms with Crippen molar-refractivity contribution < 1.29 is 14.3 Å². The van der Waals surface area contributed by atoms with Gasteiger partial charge in [0.05, 0.1) is 12.1 Å². The van der Waals surface area contributed by atoms with Crippen LogP contribution >= 0.6 is 0 Å². The Hall–Kier alpha value is -2.23. The number of anilines is 1. The summed E-state index contributed by atoms with van der Waals surface area (Å²) in [6.07, 6.45) is 1.25. The maximum absolute atomic E-state index is 10.7. The molecule has 0 radical (unpaired) electrons. The molecule has 0 bridgehead atoms. The summed E-state index contributed by atoms with van der Waals surface area (Å²) in [7, 11) is 0. The maximum Gasteiger partial charge on any atom is 0.338 e. The van der Waals surface area contributed by atoms with Crippen molar-refractivity contribution in [1.82, 2.24) is 0 Å². The first-order valence-corrected chi connectivity index (χ1v) is 5.26. The molecule has 2 N–H and O–H groups in total. The quantitative estimate of drug-likeness (QED) is 0.849. The van der Waals surface area contributed by atoms with E-state index in [2.05, 4.69) is 5.32 Å². The highest BCUT2D eigenvalue weighted by Crippen LogP contribution is 2.13. The van der Waals surface area contributed by atoms with Gasteiger partial charge in [-0.25, -0.2) is 4.79 Å². The van der Waals surface area contributed by atoms with Crippen LogP contribution < -0.4 is 5.32 Å². The van der Waals surface area contributed by atoms with E-state index >= 15 is 0 Å². The number of benzene rings is 1. The molecule has 0 amide bonds. The van der Waals surface area contributed by atoms with Gasteiger partial charge in [-0.15, -0.1) is 0 Å². The monoisotopic (exact) mass is 231 g/mol. The van der Waals surface area contributed by atoms with Gasteiger partial charge in [0.1, 0.15) is 12.0 Å². The summed E-state index contributed by atoms with van der Waals surface area (Å²) in [6.45, 7) is 2.48. The van der Waals surface area contributed by atoms with Crippen LogP contribution in [0.5, 0.6) is 0 Å². The van der Waals surface area contributed by atoms with Crippen molar-refractivity contribution in [3.8, 4) is 0 Å². The number of hydrogen-bond acceptors (Lipinski definition) is 3. The van der Waals surface area contributed by atoms with Gasteiger partial charge < -0.3 is 14.8 Å². The summed E-state index contributed by atoms with van der Waals surface area (Å²) < 4.78 is 5.13. The van der Waals surface area contributed by atoms with Gasteiger partial charge in [0, 0.05) is 5.69 Å². The van der Waals surface area contributed by atoms with E-state index in [1.165, 1.54) is 17.9 Å². The van der Waals surface area contributed by atoms with Crippen molar-refractivity contribution in [3.05, 3.63) is 53.5 Å². The predicted molar refractivity (Wildman–Crippen MR) is 64.2 cm³/mol. The van der Waals surface area contributed by atoms with E-state index in [1.807, 2.05) is 31.2 Å². The number of carboxylic acids is 1. The fraction of sp³-hybridized carbons (Fsp3) is 0.154. The first-order valence-electron chi connectivity index (χ1n) is 5.26. The molecule has 0 atom stereocenters. The Bertz CT molecular complexity index is 531. The lowest BCUT2D eigenvalue weighted by atomic mass is 10.2. The van der Waals surface area contributed by atoms with Gasteiger partial charge in [-0.05, 0) is 30.7 Å². The van der Waals surface area contributed by atoms with Gasteiger partial charge >= 0.3 is 5.97 Å². The predicted octanol–water partition coefficient (Wildman–Crippen LogP) is 2.90. The van der Waals surface area contributed by atoms with E-state index in [9.17, 15) is 4.79 Å². The number of aryl methyl sites for hydroxylation is 1. The topological polar surface area (TPSA) is 62.5 Å². The van der Waals surface area contributed by atoms with E-state index in [1.54, 1.807) is 0 Å². The Morgan fingerprint density at radius 1 is 1.41 bits per heavy atom. The van der Waals surface area contributed by atoms with Crippen LogP contribution in [-0.2, 0) is 6.54 Å². The second-order valence-corrected chi connectivity index (χ2v) is 3.83. The highest BCUT2D eigenvalue weighted by atomic mass is 16.4. The molecule has 2 rings (SSSR count). The summed E-state index contributed by atoms with van der Waals surface area (Å²) in [5, 5.41) is 11.9. The van der Waals surface area contributed by atoms with Gasteiger partial charge in [-0.3, -0.25) is 0 Å². The fourth-order valence-corrected chi connectivity index (χ4v) is 1.53. The SMILES string of the molecule is Cc1cccc(NCc2cc(C(=O)O)co2)c1. The molecular weight excluding hydrogens is 218 g/mol. The van der Waals surface area contributed by atoms with Gasteiger partial charge in [-0.2, -0.15) is 0 Å². The second kappa shape index (κ2) is 4.74. The average molecular weight is 231 g/mol. The third kappa shape index (κ3) is 2.87. The summed E-state index contributed by atoms with van der Waals surface area (Å²) in [5.41, 5.74) is 2.32. The molecule has 17 heavy (non-hydrogen) atoms. The van der Waals surface area contributed by atoms with Gasteiger partial charge in [-0.1, -0.05) is 12.1 Å². The molecule has 4 nitrogen and oxygen atoms in total. The Morgan fingerprint density at radius 3 is 2.88 bits per heavy atom. The van der Waals surface area contributed by atoms with Crippen LogP contribution in [-0.4, -0.2) is 11.1 Å². The lowest BCUT2D eigenvalue weighted by Crippen LogP contribution is -1.98. The Balaban J connectivity index is 2.00. The molecule has 0 saturated heterocycles. The van der Waals surface area contributed by atoms with E-state index in [0.717, 1.165) is 5.69 Å². The van der Waals surface area contributed by atoms with Crippen molar-refractivity contribution in [2.45, 2.75) is 13.5 Å². The standard InChI is InChI=1S/C13H13NO3/c1-9-3-2-4-11(5-9)14-7-12-6-10(8-17-12)13(15)16/h2-6,8,14H,7H2,1H3,(H,15,16). The summed E-state index contributed by atoms with van der Waals surface area (Å²) >= 11 is 0. The molecule has 0 aliphatic carbocycles. The van der Waals surface area contributed by atoms with Crippen molar-refractivity contribution in [3.63, 3.8) is 0 Å². The number of rotatable bonds is 4. The first-order chi connectivity index (χ1) is 8.15. The minimum atomic E-state index is -0.976. The van der Waals surface area contributed by atoms with Crippen LogP contribution in [0.4, 0.5) is 5.69 Å². The molecule has 1 aromatic heterocycles. The molecule has 1 aromatic carbocycles. The van der Waals surface area contributed by atoms with Crippen molar-refractivity contribution >= 4 is 11.7 Å². The fourth-order valence-electron chi connectivity index (χ4n) is 1.53. The first kappa shape index (κ1) is 11.3. The zero-order valence-corrected chi connectivity index (χ0v) is 9.43. The van der Waals surface area contributed by atoms with Crippen LogP contribution in [0.15, 0.2) is 41.0 Å². The van der Waals surface area contributed by atoms with Crippen LogP contribution in [0, 0.1) is 6.92 Å². The average Bonchev–Trinajstić information content (AvgIpc) is 2.75. The number of aromatic carboxylic acids is 1. The van der Waals surface area contributed by atoms with E-state index < -0.39 is 5.97 Å². The Kier molecular flexibility index (Phi) is 3.14. The zero-order chi connectivity index (χ0) is 12.3. The van der Waals surface area contributed by atoms with Crippen LogP contribution in [0.25, 0.3) is 0 Å². The summed E-state index contributed by atoms with van der Waals surface area (Å²) in [4.78, 5) is 10.7. The minimum Gasteiger partial charge on any atom is -0.478 e. The number of carbonyl (C=O) groups is 1. The molecular formula is C13H13NO3. The van der Waals surface area contributed by atoms with Gasteiger partial charge in [0.15, 0.2) is 0 Å². The van der Waals surface area contributed by atoms with Crippen LogP contribution in [0.1, 0.15) is 21.7 Å². The van der Waals surface area contributed by atoms with Gasteiger partial charge in [0.25, 0.3) is 0 Å². The lowest BCUT2D eigenvalue weighted by Gasteiger charge is -2.04. The lowest BCUT2D eigenvalue weighted by molar-refractivity contribution is 0.0696. The Morgan fingerprint density at radius 2 is 2.24 bits per heavy atom.